The van der Waals surface area contributed by atoms with Crippen LogP contribution in [0.25, 0.3) is 0 Å². The Morgan fingerprint density at radius 2 is 1.54 bits per heavy atom. The van der Waals surface area contributed by atoms with E-state index in [9.17, 15) is 0 Å². The summed E-state index contributed by atoms with van der Waals surface area (Å²) >= 11 is 1.69. The van der Waals surface area contributed by atoms with Crippen molar-refractivity contribution in [2.45, 2.75) is 34.6 Å². The molecule has 0 bridgehead atoms. The summed E-state index contributed by atoms with van der Waals surface area (Å²) in [5.74, 6) is 0. The lowest BCUT2D eigenvalue weighted by Crippen LogP contribution is -1.73. The van der Waals surface area contributed by atoms with Gasteiger partial charge < -0.3 is 0 Å². The highest BCUT2D eigenvalue weighted by Gasteiger charge is 1.90. The van der Waals surface area contributed by atoms with Crippen LogP contribution < -0.4 is 0 Å². The lowest BCUT2D eigenvalue weighted by molar-refractivity contribution is 1.50. The summed E-state index contributed by atoms with van der Waals surface area (Å²) in [6, 6.07) is 0. The van der Waals surface area contributed by atoms with E-state index in [2.05, 4.69) is 13.2 Å². The number of hydrogen-bond acceptors (Lipinski definition) is 1. The molecule has 0 unspecified atom stereocenters. The van der Waals surface area contributed by atoms with E-state index < -0.39 is 0 Å². The van der Waals surface area contributed by atoms with Crippen molar-refractivity contribution in [3.8, 4) is 0 Å². The van der Waals surface area contributed by atoms with Crippen molar-refractivity contribution in [3.63, 3.8) is 0 Å². The molecule has 0 saturated heterocycles. The van der Waals surface area contributed by atoms with Crippen LogP contribution in [0.1, 0.15) is 34.6 Å². The van der Waals surface area contributed by atoms with E-state index in [0.717, 1.165) is 5.57 Å². The average Bonchev–Trinajstić information content (AvgIpc) is 2.20. The summed E-state index contributed by atoms with van der Waals surface area (Å²) < 4.78 is 0. The minimum Gasteiger partial charge on any atom is -0.129 e. The van der Waals surface area contributed by atoms with Gasteiger partial charge in [0.1, 0.15) is 0 Å². The highest BCUT2D eigenvalue weighted by atomic mass is 32.2. The Labute approximate surface area is 88.8 Å². The molecule has 1 heteroatoms. The zero-order chi connectivity index (χ0) is 11.3. The van der Waals surface area contributed by atoms with E-state index in [1.54, 1.807) is 17.8 Å². The second-order valence-electron chi connectivity index (χ2n) is 1.75. The standard InChI is InChI=1S/C8H12S.2C2H6/c1-5-6-8(9-4)7(2)3;2*1-2/h5-6H,1-2H2,3-4H3;2*1-2H3/b8-6+;;. The van der Waals surface area contributed by atoms with E-state index >= 15 is 0 Å². The van der Waals surface area contributed by atoms with Gasteiger partial charge >= 0.3 is 0 Å². The fourth-order valence-electron chi connectivity index (χ4n) is 0.492. The lowest BCUT2D eigenvalue weighted by Gasteiger charge is -1.98. The van der Waals surface area contributed by atoms with Crippen LogP contribution in [0, 0.1) is 0 Å². The highest BCUT2D eigenvalue weighted by molar-refractivity contribution is 8.02. The maximum atomic E-state index is 3.81. The third kappa shape index (κ3) is 14.4. The summed E-state index contributed by atoms with van der Waals surface area (Å²) in [5.41, 5.74) is 1.10. The molecular weight excluding hydrogens is 176 g/mol. The van der Waals surface area contributed by atoms with E-state index in [1.165, 1.54) is 4.91 Å². The predicted molar refractivity (Wildman–Crippen MR) is 69.3 cm³/mol. The van der Waals surface area contributed by atoms with Crippen LogP contribution in [0.5, 0.6) is 0 Å². The summed E-state index contributed by atoms with van der Waals surface area (Å²) in [5, 5.41) is 0. The van der Waals surface area contributed by atoms with Crippen molar-refractivity contribution in [2.24, 2.45) is 0 Å². The fraction of sp³-hybridized carbons (Fsp3) is 0.500. The molecule has 78 valence electrons. The first-order valence-electron chi connectivity index (χ1n) is 4.75. The summed E-state index contributed by atoms with van der Waals surface area (Å²) in [6.07, 6.45) is 5.78. The third-order valence-electron chi connectivity index (χ3n) is 0.910. The predicted octanol–water partition coefficient (Wildman–Crippen LogP) is 5.05. The summed E-state index contributed by atoms with van der Waals surface area (Å²) in [4.78, 5) is 1.20. The summed E-state index contributed by atoms with van der Waals surface area (Å²) in [7, 11) is 0. The van der Waals surface area contributed by atoms with Crippen LogP contribution in [0.15, 0.2) is 35.8 Å². The molecule has 0 spiro atoms. The van der Waals surface area contributed by atoms with E-state index in [0.29, 0.717) is 0 Å². The van der Waals surface area contributed by atoms with E-state index in [1.807, 2.05) is 47.0 Å². The molecule has 0 atom stereocenters. The maximum absolute atomic E-state index is 3.81. The molecule has 0 heterocycles. The van der Waals surface area contributed by atoms with Crippen LogP contribution in [0.4, 0.5) is 0 Å². The highest BCUT2D eigenvalue weighted by Crippen LogP contribution is 2.18. The first kappa shape index (κ1) is 18.4. The zero-order valence-corrected chi connectivity index (χ0v) is 10.8. The number of thioether (sulfide) groups is 1. The molecule has 0 aliphatic carbocycles. The van der Waals surface area contributed by atoms with Gasteiger partial charge in [-0.25, -0.2) is 0 Å². The Hall–Kier alpha value is -0.430. The van der Waals surface area contributed by atoms with Gasteiger partial charge in [-0.3, -0.25) is 0 Å². The van der Waals surface area contributed by atoms with Crippen molar-refractivity contribution in [1.82, 2.24) is 0 Å². The molecule has 0 aromatic heterocycles. The smallest absolute Gasteiger partial charge is 0.00922 e. The molecule has 13 heavy (non-hydrogen) atoms. The molecule has 0 aromatic carbocycles. The molecule has 0 nitrogen and oxygen atoms in total. The Bertz CT molecular complexity index is 143. The molecule has 0 aliphatic rings. The van der Waals surface area contributed by atoms with Gasteiger partial charge in [0.25, 0.3) is 0 Å². The van der Waals surface area contributed by atoms with Crippen LogP contribution in [-0.2, 0) is 0 Å². The fourth-order valence-corrected chi connectivity index (χ4v) is 1.07. The third-order valence-corrected chi connectivity index (χ3v) is 1.83. The van der Waals surface area contributed by atoms with Gasteiger partial charge in [0.15, 0.2) is 0 Å². The Balaban J connectivity index is -0.000000218. The quantitative estimate of drug-likeness (QED) is 0.575. The topological polar surface area (TPSA) is 0 Å². The largest absolute Gasteiger partial charge is 0.129 e. The SMILES string of the molecule is C=C/C=C(/SC)C(=C)C.CC.CC. The van der Waals surface area contributed by atoms with Crippen LogP contribution in [0.2, 0.25) is 0 Å². The zero-order valence-electron chi connectivity index (χ0n) is 9.98. The Morgan fingerprint density at radius 1 is 1.15 bits per heavy atom. The monoisotopic (exact) mass is 200 g/mol. The van der Waals surface area contributed by atoms with Gasteiger partial charge in [-0.05, 0) is 24.8 Å². The molecule has 0 rings (SSSR count). The van der Waals surface area contributed by atoms with Crippen molar-refractivity contribution in [3.05, 3.63) is 35.8 Å². The van der Waals surface area contributed by atoms with Gasteiger partial charge in [0, 0.05) is 4.91 Å². The Kier molecular flexibility index (Phi) is 24.9. The first-order valence-corrected chi connectivity index (χ1v) is 5.97. The number of allylic oxidation sites excluding steroid dienone is 3. The normalized spacial score (nSPS) is 8.62. The van der Waals surface area contributed by atoms with Gasteiger partial charge in [-0.2, -0.15) is 0 Å². The molecule has 0 aromatic rings. The molecular formula is C12H24S. The van der Waals surface area contributed by atoms with E-state index in [4.69, 9.17) is 0 Å². The second kappa shape index (κ2) is 17.6. The first-order chi connectivity index (χ1) is 6.22. The molecule has 0 saturated carbocycles. The van der Waals surface area contributed by atoms with Crippen molar-refractivity contribution >= 4 is 11.8 Å². The Morgan fingerprint density at radius 3 is 1.62 bits per heavy atom. The number of hydrogen-bond donors (Lipinski definition) is 0. The average molecular weight is 200 g/mol. The number of rotatable bonds is 3. The van der Waals surface area contributed by atoms with Crippen molar-refractivity contribution < 1.29 is 0 Å². The molecule has 0 N–H and O–H groups in total. The second-order valence-corrected chi connectivity index (χ2v) is 2.60. The minimum absolute atomic E-state index is 1.10. The molecule has 0 radical (unpaired) electrons. The van der Waals surface area contributed by atoms with Crippen LogP contribution in [0.3, 0.4) is 0 Å². The van der Waals surface area contributed by atoms with E-state index in [-0.39, 0.29) is 0 Å². The lowest BCUT2D eigenvalue weighted by atomic mass is 10.3. The molecule has 0 aliphatic heterocycles. The molecule has 0 fully saturated rings. The minimum atomic E-state index is 1.10. The van der Waals surface area contributed by atoms with Gasteiger partial charge in [-0.1, -0.05) is 46.9 Å². The van der Waals surface area contributed by atoms with Crippen LogP contribution >= 0.6 is 11.8 Å². The maximum Gasteiger partial charge on any atom is 0.00922 e. The van der Waals surface area contributed by atoms with Gasteiger partial charge in [-0.15, -0.1) is 11.8 Å². The van der Waals surface area contributed by atoms with Gasteiger partial charge in [0.05, 0.1) is 0 Å². The van der Waals surface area contributed by atoms with Gasteiger partial charge in [0.2, 0.25) is 0 Å². The molecule has 0 amide bonds. The van der Waals surface area contributed by atoms with Crippen molar-refractivity contribution in [1.29, 1.82) is 0 Å². The van der Waals surface area contributed by atoms with Crippen molar-refractivity contribution in [2.75, 3.05) is 6.26 Å². The van der Waals surface area contributed by atoms with Crippen LogP contribution in [-0.4, -0.2) is 6.26 Å². The summed E-state index contributed by atoms with van der Waals surface area (Å²) in [6.45, 7) is 17.4.